The first-order valence-electron chi connectivity index (χ1n) is 10.9. The average Bonchev–Trinajstić information content (AvgIpc) is 3.41. The smallest absolute Gasteiger partial charge is 0.240 e. The normalized spacial score (nSPS) is 15.6. The summed E-state index contributed by atoms with van der Waals surface area (Å²) in [4.78, 5) is 13.5. The van der Waals surface area contributed by atoms with E-state index < -0.39 is 0 Å². The summed E-state index contributed by atoms with van der Waals surface area (Å²) in [7, 11) is 3.23. The lowest BCUT2D eigenvalue weighted by Gasteiger charge is -2.19. The van der Waals surface area contributed by atoms with Crippen LogP contribution in [0.3, 0.4) is 0 Å². The van der Waals surface area contributed by atoms with Crippen molar-refractivity contribution >= 4 is 17.7 Å². The first-order chi connectivity index (χ1) is 16.1. The molecule has 0 spiro atoms. The summed E-state index contributed by atoms with van der Waals surface area (Å²) >= 11 is 0. The molecule has 2 heterocycles. The van der Waals surface area contributed by atoms with Crippen LogP contribution in [0, 0.1) is 0 Å². The van der Waals surface area contributed by atoms with E-state index in [1.165, 1.54) is 11.1 Å². The molecule has 1 aliphatic carbocycles. The minimum Gasteiger partial charge on any atom is -0.493 e. The van der Waals surface area contributed by atoms with Crippen molar-refractivity contribution in [1.82, 2.24) is 14.8 Å². The van der Waals surface area contributed by atoms with E-state index in [0.717, 1.165) is 24.2 Å². The van der Waals surface area contributed by atoms with E-state index in [4.69, 9.17) is 19.9 Å². The maximum absolute atomic E-state index is 6.25. The summed E-state index contributed by atoms with van der Waals surface area (Å²) in [6.45, 7) is 0.292. The molecular weight excluding hydrogens is 420 g/mol. The van der Waals surface area contributed by atoms with Crippen LogP contribution in [0.25, 0.3) is 0 Å². The molecule has 0 amide bonds. The SMILES string of the molecule is COc1ccc(Cc2nc(N)nn2C2=NCN=C(OC3Cc4ccccc4C3)C2)cc1OC. The fourth-order valence-electron chi connectivity index (χ4n) is 4.31. The maximum Gasteiger partial charge on any atom is 0.240 e. The predicted octanol–water partition coefficient (Wildman–Crippen LogP) is 2.66. The molecule has 0 saturated carbocycles. The van der Waals surface area contributed by atoms with Crippen molar-refractivity contribution in [3.63, 3.8) is 0 Å². The lowest BCUT2D eigenvalue weighted by Crippen LogP contribution is -2.28. The van der Waals surface area contributed by atoms with Crippen molar-refractivity contribution in [3.8, 4) is 11.5 Å². The highest BCUT2D eigenvalue weighted by atomic mass is 16.5. The Bertz CT molecular complexity index is 1210. The van der Waals surface area contributed by atoms with Crippen molar-refractivity contribution in [2.75, 3.05) is 26.6 Å². The van der Waals surface area contributed by atoms with Crippen LogP contribution in [-0.2, 0) is 24.0 Å². The van der Waals surface area contributed by atoms with Crippen LogP contribution >= 0.6 is 0 Å². The number of fused-ring (bicyclic) bond motifs is 1. The van der Waals surface area contributed by atoms with E-state index in [1.54, 1.807) is 18.9 Å². The van der Waals surface area contributed by atoms with Gasteiger partial charge in [-0.2, -0.15) is 4.98 Å². The van der Waals surface area contributed by atoms with Crippen LogP contribution in [0.4, 0.5) is 5.95 Å². The van der Waals surface area contributed by atoms with Gasteiger partial charge >= 0.3 is 0 Å². The second-order valence-electron chi connectivity index (χ2n) is 8.03. The highest BCUT2D eigenvalue weighted by Gasteiger charge is 2.26. The quantitative estimate of drug-likeness (QED) is 0.645. The predicted molar refractivity (Wildman–Crippen MR) is 125 cm³/mol. The number of anilines is 1. The van der Waals surface area contributed by atoms with Gasteiger partial charge in [0.15, 0.2) is 17.4 Å². The highest BCUT2D eigenvalue weighted by molar-refractivity contribution is 6.02. The summed E-state index contributed by atoms with van der Waals surface area (Å²) in [5, 5.41) is 4.39. The minimum atomic E-state index is 0.0903. The van der Waals surface area contributed by atoms with Crippen molar-refractivity contribution in [3.05, 3.63) is 65.0 Å². The van der Waals surface area contributed by atoms with Gasteiger partial charge < -0.3 is 19.9 Å². The number of hydrogen-bond acceptors (Lipinski definition) is 8. The standard InChI is InChI=1S/C24H26N6O3/c1-31-19-8-7-15(9-20(19)32-2)10-22-28-24(25)29-30(22)21-13-23(27-14-26-21)33-18-11-16-5-3-4-6-17(16)12-18/h3-9,18H,10-14H2,1-2H3,(H2,25,29). The number of benzene rings is 2. The largest absolute Gasteiger partial charge is 0.493 e. The summed E-state index contributed by atoms with van der Waals surface area (Å²) in [6.07, 6.45) is 2.82. The van der Waals surface area contributed by atoms with E-state index in [0.29, 0.717) is 42.7 Å². The number of methoxy groups -OCH3 is 2. The molecule has 2 aromatic carbocycles. The molecule has 9 heteroatoms. The second kappa shape index (κ2) is 8.93. The van der Waals surface area contributed by atoms with Crippen LogP contribution in [0.15, 0.2) is 52.4 Å². The molecule has 3 aromatic rings. The Morgan fingerprint density at radius 2 is 1.76 bits per heavy atom. The summed E-state index contributed by atoms with van der Waals surface area (Å²) in [5.41, 5.74) is 9.63. The molecule has 2 aliphatic rings. The third-order valence-electron chi connectivity index (χ3n) is 5.87. The van der Waals surface area contributed by atoms with Crippen molar-refractivity contribution in [2.45, 2.75) is 31.8 Å². The van der Waals surface area contributed by atoms with E-state index >= 15 is 0 Å². The number of hydrogen-bond donors (Lipinski definition) is 1. The number of aromatic nitrogens is 3. The van der Waals surface area contributed by atoms with Gasteiger partial charge in [0.25, 0.3) is 0 Å². The third kappa shape index (κ3) is 4.39. The zero-order chi connectivity index (χ0) is 22.8. The van der Waals surface area contributed by atoms with Gasteiger partial charge in [0, 0.05) is 19.3 Å². The average molecular weight is 447 g/mol. The Morgan fingerprint density at radius 3 is 2.48 bits per heavy atom. The van der Waals surface area contributed by atoms with Gasteiger partial charge in [-0.15, -0.1) is 5.10 Å². The number of nitrogen functional groups attached to an aromatic ring is 1. The van der Waals surface area contributed by atoms with Crippen molar-refractivity contribution in [1.29, 1.82) is 0 Å². The maximum atomic E-state index is 6.25. The first-order valence-corrected chi connectivity index (χ1v) is 10.9. The summed E-state index contributed by atoms with van der Waals surface area (Å²) in [6, 6.07) is 14.2. The molecule has 1 aromatic heterocycles. The molecule has 9 nitrogen and oxygen atoms in total. The number of nitrogens with zero attached hydrogens (tertiary/aromatic N) is 5. The van der Waals surface area contributed by atoms with Gasteiger partial charge in [-0.1, -0.05) is 30.3 Å². The molecule has 0 atom stereocenters. The molecular formula is C24H26N6O3. The molecule has 33 heavy (non-hydrogen) atoms. The fraction of sp³-hybridized carbons (Fsp3) is 0.333. The van der Waals surface area contributed by atoms with Gasteiger partial charge in [0.2, 0.25) is 5.95 Å². The van der Waals surface area contributed by atoms with Gasteiger partial charge in [0.1, 0.15) is 24.4 Å². The zero-order valence-electron chi connectivity index (χ0n) is 18.7. The van der Waals surface area contributed by atoms with Crippen LogP contribution in [0.2, 0.25) is 0 Å². The number of aliphatic imine (C=N–C) groups is 2. The Morgan fingerprint density at radius 1 is 1.00 bits per heavy atom. The van der Waals surface area contributed by atoms with Crippen LogP contribution in [-0.4, -0.2) is 53.5 Å². The Hall–Kier alpha value is -3.88. The Kier molecular flexibility index (Phi) is 5.68. The number of rotatable bonds is 5. The molecule has 0 saturated heterocycles. The molecule has 0 fully saturated rings. The molecule has 2 N–H and O–H groups in total. The molecule has 0 radical (unpaired) electrons. The summed E-state index contributed by atoms with van der Waals surface area (Å²) in [5.74, 6) is 3.60. The van der Waals surface area contributed by atoms with Crippen molar-refractivity contribution in [2.24, 2.45) is 9.98 Å². The lowest BCUT2D eigenvalue weighted by molar-refractivity contribution is 0.195. The molecule has 1 aliphatic heterocycles. The fourth-order valence-corrected chi connectivity index (χ4v) is 4.31. The monoisotopic (exact) mass is 446 g/mol. The van der Waals surface area contributed by atoms with E-state index in [-0.39, 0.29) is 12.1 Å². The van der Waals surface area contributed by atoms with Crippen molar-refractivity contribution < 1.29 is 14.2 Å². The van der Waals surface area contributed by atoms with Crippen LogP contribution in [0.5, 0.6) is 11.5 Å². The van der Waals surface area contributed by atoms with Gasteiger partial charge in [-0.05, 0) is 28.8 Å². The minimum absolute atomic E-state index is 0.0903. The van der Waals surface area contributed by atoms with E-state index in [2.05, 4.69) is 44.3 Å². The first kappa shape index (κ1) is 21.0. The topological polar surface area (TPSA) is 109 Å². The van der Waals surface area contributed by atoms with Gasteiger partial charge in [-0.25, -0.2) is 14.7 Å². The number of nitrogens with two attached hydrogens (primary N) is 1. The van der Waals surface area contributed by atoms with Gasteiger partial charge in [0.05, 0.1) is 20.6 Å². The lowest BCUT2D eigenvalue weighted by atomic mass is 10.1. The zero-order valence-corrected chi connectivity index (χ0v) is 18.7. The second-order valence-corrected chi connectivity index (χ2v) is 8.03. The Balaban J connectivity index is 1.30. The third-order valence-corrected chi connectivity index (χ3v) is 5.87. The molecule has 170 valence electrons. The highest BCUT2D eigenvalue weighted by Crippen LogP contribution is 2.29. The van der Waals surface area contributed by atoms with E-state index in [9.17, 15) is 0 Å². The molecule has 0 bridgehead atoms. The van der Waals surface area contributed by atoms with Crippen LogP contribution in [0.1, 0.15) is 28.9 Å². The summed E-state index contributed by atoms with van der Waals surface area (Å²) < 4.78 is 18.7. The Labute approximate surface area is 191 Å². The molecule has 0 unspecified atom stereocenters. The number of ether oxygens (including phenoxy) is 3. The van der Waals surface area contributed by atoms with Gasteiger partial charge in [-0.3, -0.25) is 0 Å². The van der Waals surface area contributed by atoms with E-state index in [1.807, 2.05) is 18.2 Å². The molecule has 5 rings (SSSR count). The van der Waals surface area contributed by atoms with Crippen LogP contribution < -0.4 is 15.2 Å².